The molecule has 8 nitrogen and oxygen atoms in total. The van der Waals surface area contributed by atoms with E-state index >= 15 is 0 Å². The molecule has 2 amide bonds. The maximum Gasteiger partial charge on any atom is 0.264 e. The molecule has 0 radical (unpaired) electrons. The summed E-state index contributed by atoms with van der Waals surface area (Å²) >= 11 is 12.6. The second-order valence-corrected chi connectivity index (χ2v) is 13.3. The third-order valence-corrected chi connectivity index (χ3v) is 10.0. The quantitative estimate of drug-likeness (QED) is 0.244. The predicted molar refractivity (Wildman–Crippen MR) is 170 cm³/mol. The molecule has 3 aromatic rings. The average Bonchev–Trinajstić information content (AvgIpc) is 3.01. The fraction of sp³-hybridized carbons (Fsp3) is 0.375. The van der Waals surface area contributed by atoms with Crippen LogP contribution in [0.3, 0.4) is 0 Å². The van der Waals surface area contributed by atoms with E-state index in [9.17, 15) is 18.0 Å². The first-order valence-electron chi connectivity index (χ1n) is 14.4. The lowest BCUT2D eigenvalue weighted by atomic mass is 9.95. The van der Waals surface area contributed by atoms with Crippen LogP contribution < -0.4 is 14.4 Å². The lowest BCUT2D eigenvalue weighted by Gasteiger charge is -2.34. The van der Waals surface area contributed by atoms with E-state index in [4.69, 9.17) is 27.9 Å². The van der Waals surface area contributed by atoms with Gasteiger partial charge in [0, 0.05) is 22.6 Å². The highest BCUT2D eigenvalue weighted by Gasteiger charge is 2.34. The lowest BCUT2D eigenvalue weighted by Crippen LogP contribution is -2.54. The van der Waals surface area contributed by atoms with Gasteiger partial charge in [-0.15, -0.1) is 0 Å². The molecule has 0 unspecified atom stereocenters. The molecule has 0 aromatic heterocycles. The molecule has 43 heavy (non-hydrogen) atoms. The number of anilines is 1. The van der Waals surface area contributed by atoms with E-state index < -0.39 is 28.5 Å². The molecule has 1 atom stereocenters. The third kappa shape index (κ3) is 8.22. The SMILES string of the molecule is CC[C@@H](C(=O)NC1CCCCC1)N(Cc1ccc(Cl)cc1Cl)C(=O)CN(c1ccccc1)S(=O)(=O)c1ccc(OC)cc1. The molecule has 0 bridgehead atoms. The summed E-state index contributed by atoms with van der Waals surface area (Å²) in [6.45, 7) is 1.30. The smallest absolute Gasteiger partial charge is 0.264 e. The second kappa shape index (κ2) is 14.9. The number of sulfonamides is 1. The Bertz CT molecular complexity index is 1500. The van der Waals surface area contributed by atoms with Crippen molar-refractivity contribution >= 4 is 50.7 Å². The van der Waals surface area contributed by atoms with Crippen LogP contribution in [0.4, 0.5) is 5.69 Å². The highest BCUT2D eigenvalue weighted by molar-refractivity contribution is 7.92. The third-order valence-electron chi connectivity index (χ3n) is 7.66. The minimum Gasteiger partial charge on any atom is -0.497 e. The number of hydrogen-bond acceptors (Lipinski definition) is 5. The zero-order valence-corrected chi connectivity index (χ0v) is 26.7. The number of carbonyl (C=O) groups excluding carboxylic acids is 2. The Morgan fingerprint density at radius 3 is 2.26 bits per heavy atom. The van der Waals surface area contributed by atoms with Crippen molar-refractivity contribution in [2.45, 2.75) is 69.0 Å². The molecule has 1 fully saturated rings. The maximum atomic E-state index is 14.2. The maximum absolute atomic E-state index is 14.2. The molecular formula is C32H37Cl2N3O5S. The summed E-state index contributed by atoms with van der Waals surface area (Å²) in [4.78, 5) is 29.3. The van der Waals surface area contributed by atoms with Crippen LogP contribution in [0.15, 0.2) is 77.7 Å². The minimum absolute atomic E-state index is 0.000619. The minimum atomic E-state index is -4.18. The Hall–Kier alpha value is -3.27. The number of para-hydroxylation sites is 1. The number of hydrogen-bond donors (Lipinski definition) is 1. The largest absolute Gasteiger partial charge is 0.497 e. The van der Waals surface area contributed by atoms with Gasteiger partial charge < -0.3 is 15.0 Å². The van der Waals surface area contributed by atoms with Crippen LogP contribution in [0.5, 0.6) is 5.75 Å². The Morgan fingerprint density at radius 2 is 1.65 bits per heavy atom. The molecule has 0 spiro atoms. The van der Waals surface area contributed by atoms with Crippen molar-refractivity contribution in [3.63, 3.8) is 0 Å². The summed E-state index contributed by atoms with van der Waals surface area (Å²) in [6.07, 6.45) is 5.33. The van der Waals surface area contributed by atoms with Crippen molar-refractivity contribution in [1.82, 2.24) is 10.2 Å². The molecule has 1 aliphatic carbocycles. The summed E-state index contributed by atoms with van der Waals surface area (Å²) in [5.41, 5.74) is 0.906. The highest BCUT2D eigenvalue weighted by atomic mass is 35.5. The molecule has 1 N–H and O–H groups in total. The summed E-state index contributed by atoms with van der Waals surface area (Å²) in [5.74, 6) is -0.309. The number of methoxy groups -OCH3 is 1. The van der Waals surface area contributed by atoms with Gasteiger partial charge in [0.15, 0.2) is 0 Å². The van der Waals surface area contributed by atoms with Gasteiger partial charge in [0.2, 0.25) is 11.8 Å². The Labute approximate surface area is 264 Å². The highest BCUT2D eigenvalue weighted by Crippen LogP contribution is 2.28. The van der Waals surface area contributed by atoms with Crippen LogP contribution in [0, 0.1) is 0 Å². The zero-order valence-electron chi connectivity index (χ0n) is 24.3. The molecule has 0 aliphatic heterocycles. The van der Waals surface area contributed by atoms with Crippen LogP contribution in [-0.2, 0) is 26.2 Å². The second-order valence-electron chi connectivity index (χ2n) is 10.5. The average molecular weight is 647 g/mol. The number of nitrogens with zero attached hydrogens (tertiary/aromatic N) is 2. The number of amides is 2. The van der Waals surface area contributed by atoms with Crippen molar-refractivity contribution in [2.24, 2.45) is 0 Å². The molecule has 0 saturated heterocycles. The van der Waals surface area contributed by atoms with Crippen LogP contribution in [0.25, 0.3) is 0 Å². The van der Waals surface area contributed by atoms with Crippen molar-refractivity contribution in [3.05, 3.63) is 88.4 Å². The number of nitrogens with one attached hydrogen (secondary N) is 1. The van der Waals surface area contributed by atoms with Crippen LogP contribution >= 0.6 is 23.2 Å². The van der Waals surface area contributed by atoms with Gasteiger partial charge in [-0.3, -0.25) is 13.9 Å². The van der Waals surface area contributed by atoms with Crippen molar-refractivity contribution in [1.29, 1.82) is 0 Å². The number of benzene rings is 3. The first kappa shape index (κ1) is 32.6. The van der Waals surface area contributed by atoms with Gasteiger partial charge in [-0.25, -0.2) is 8.42 Å². The standard InChI is InChI=1S/C32H37Cl2N3O5S/c1-3-30(32(39)35-25-10-6-4-7-11-25)36(21-23-14-15-24(33)20-29(23)34)31(38)22-37(26-12-8-5-9-13-26)43(40,41)28-18-16-27(42-2)17-19-28/h5,8-9,12-20,25,30H,3-4,6-7,10-11,21-22H2,1-2H3,(H,35,39)/t30-/m0/s1. The van der Waals surface area contributed by atoms with Crippen LogP contribution in [-0.4, -0.2) is 50.9 Å². The molecule has 3 aromatic carbocycles. The van der Waals surface area contributed by atoms with Gasteiger partial charge >= 0.3 is 0 Å². The van der Waals surface area contributed by atoms with Gasteiger partial charge in [0.1, 0.15) is 18.3 Å². The first-order valence-corrected chi connectivity index (χ1v) is 16.6. The number of rotatable bonds is 12. The normalized spacial score (nSPS) is 14.5. The summed E-state index contributed by atoms with van der Waals surface area (Å²) in [6, 6.07) is 18.5. The van der Waals surface area contributed by atoms with Crippen LogP contribution in [0.2, 0.25) is 10.0 Å². The van der Waals surface area contributed by atoms with E-state index in [1.165, 1.54) is 24.1 Å². The number of ether oxygens (including phenoxy) is 1. The van der Waals surface area contributed by atoms with Gasteiger partial charge in [-0.1, -0.05) is 73.7 Å². The molecule has 1 saturated carbocycles. The summed E-state index contributed by atoms with van der Waals surface area (Å²) in [5, 5.41) is 3.92. The van der Waals surface area contributed by atoms with E-state index in [1.54, 1.807) is 60.7 Å². The zero-order chi connectivity index (χ0) is 31.0. The number of carbonyl (C=O) groups is 2. The van der Waals surface area contributed by atoms with E-state index in [-0.39, 0.29) is 23.4 Å². The van der Waals surface area contributed by atoms with E-state index in [0.29, 0.717) is 33.5 Å². The van der Waals surface area contributed by atoms with Crippen LogP contribution in [0.1, 0.15) is 51.0 Å². The fourth-order valence-electron chi connectivity index (χ4n) is 5.30. The fourth-order valence-corrected chi connectivity index (χ4v) is 7.18. The van der Waals surface area contributed by atoms with Gasteiger partial charge in [0.05, 0.1) is 17.7 Å². The Balaban J connectivity index is 1.70. The first-order chi connectivity index (χ1) is 20.6. The molecule has 0 heterocycles. The van der Waals surface area contributed by atoms with Gasteiger partial charge in [0.25, 0.3) is 10.0 Å². The molecule has 230 valence electrons. The van der Waals surface area contributed by atoms with Crippen molar-refractivity contribution in [2.75, 3.05) is 18.0 Å². The lowest BCUT2D eigenvalue weighted by molar-refractivity contribution is -0.140. The molecular weight excluding hydrogens is 609 g/mol. The topological polar surface area (TPSA) is 96.0 Å². The molecule has 1 aliphatic rings. The van der Waals surface area contributed by atoms with Crippen molar-refractivity contribution < 1.29 is 22.7 Å². The van der Waals surface area contributed by atoms with E-state index in [0.717, 1.165) is 36.4 Å². The Kier molecular flexibility index (Phi) is 11.3. The Morgan fingerprint density at radius 1 is 0.977 bits per heavy atom. The van der Waals surface area contributed by atoms with Crippen molar-refractivity contribution in [3.8, 4) is 5.75 Å². The summed E-state index contributed by atoms with van der Waals surface area (Å²) < 4.78 is 34.2. The molecule has 4 rings (SSSR count). The van der Waals surface area contributed by atoms with E-state index in [2.05, 4.69) is 5.32 Å². The summed E-state index contributed by atoms with van der Waals surface area (Å²) in [7, 11) is -2.69. The monoisotopic (exact) mass is 645 g/mol. The number of halogens is 2. The van der Waals surface area contributed by atoms with Gasteiger partial charge in [-0.2, -0.15) is 0 Å². The molecule has 11 heteroatoms. The van der Waals surface area contributed by atoms with Gasteiger partial charge in [-0.05, 0) is 73.4 Å². The van der Waals surface area contributed by atoms with E-state index in [1.807, 2.05) is 6.92 Å². The predicted octanol–water partition coefficient (Wildman–Crippen LogP) is 6.45.